The first-order chi connectivity index (χ1) is 18.2. The zero-order chi connectivity index (χ0) is 25.0. The van der Waals surface area contributed by atoms with E-state index < -0.39 is 6.10 Å². The third-order valence-corrected chi connectivity index (χ3v) is 9.70. The summed E-state index contributed by atoms with van der Waals surface area (Å²) in [6.45, 7) is 5.63. The van der Waals surface area contributed by atoms with E-state index in [9.17, 15) is 5.11 Å². The molecule has 0 radical (unpaired) electrons. The second-order valence-corrected chi connectivity index (χ2v) is 11.5. The van der Waals surface area contributed by atoms with Crippen LogP contribution in [0.4, 0.5) is 0 Å². The molecular formula is C34H35N2O+. The maximum atomic E-state index is 12.2. The first-order valence-electron chi connectivity index (χ1n) is 13.9. The fourth-order valence-corrected chi connectivity index (χ4v) is 7.84. The molecule has 3 heteroatoms. The molecule has 0 aliphatic carbocycles. The number of benzene rings is 4. The van der Waals surface area contributed by atoms with Crippen LogP contribution in [-0.4, -0.2) is 33.7 Å². The maximum absolute atomic E-state index is 12.2. The van der Waals surface area contributed by atoms with Crippen molar-refractivity contribution in [3.63, 3.8) is 0 Å². The van der Waals surface area contributed by atoms with Crippen molar-refractivity contribution >= 4 is 32.4 Å². The number of piperidine rings is 3. The third-order valence-electron chi connectivity index (χ3n) is 9.70. The number of pyridine rings is 1. The molecule has 1 N–H and O–H groups in total. The van der Waals surface area contributed by atoms with Gasteiger partial charge in [0.15, 0.2) is 0 Å². The van der Waals surface area contributed by atoms with E-state index in [1.54, 1.807) is 0 Å². The van der Waals surface area contributed by atoms with E-state index in [1.807, 2.05) is 12.3 Å². The van der Waals surface area contributed by atoms with Gasteiger partial charge in [0.25, 0.3) is 0 Å². The standard InChI is InChI=1S/C34H35N2O/c1-2-23-21-36(22-31-27-11-5-3-9-25(27)19-26-10-4-6-12-28(26)31)18-16-24(23)20-33(36)34(37)30-15-17-35-32-14-8-7-13-29(30)32/h3-15,17,19,23-24,33-34,37H,2,16,18,20-22H2,1H3/q+1/t23-,24-,33-,34+,36?/m0/s1. The number of quaternary nitrogens is 1. The maximum Gasteiger partial charge on any atom is 0.131 e. The Kier molecular flexibility index (Phi) is 5.53. The zero-order valence-corrected chi connectivity index (χ0v) is 21.6. The highest BCUT2D eigenvalue weighted by molar-refractivity contribution is 6.02. The molecule has 0 spiro atoms. The summed E-state index contributed by atoms with van der Waals surface area (Å²) in [6, 6.07) is 30.6. The Morgan fingerprint density at radius 2 is 1.57 bits per heavy atom. The summed E-state index contributed by atoms with van der Waals surface area (Å²) < 4.78 is 0.977. The predicted molar refractivity (Wildman–Crippen MR) is 152 cm³/mol. The average molecular weight is 488 g/mol. The van der Waals surface area contributed by atoms with E-state index in [0.29, 0.717) is 5.92 Å². The molecule has 4 heterocycles. The molecule has 1 aromatic heterocycles. The summed E-state index contributed by atoms with van der Waals surface area (Å²) in [5.41, 5.74) is 3.45. The van der Waals surface area contributed by atoms with E-state index in [-0.39, 0.29) is 6.04 Å². The highest BCUT2D eigenvalue weighted by atomic mass is 16.3. The van der Waals surface area contributed by atoms with Crippen molar-refractivity contribution in [3.05, 3.63) is 102 Å². The van der Waals surface area contributed by atoms with Gasteiger partial charge in [0.2, 0.25) is 0 Å². The van der Waals surface area contributed by atoms with Gasteiger partial charge in [-0.1, -0.05) is 73.7 Å². The number of hydrogen-bond donors (Lipinski definition) is 1. The van der Waals surface area contributed by atoms with E-state index in [2.05, 4.69) is 90.8 Å². The van der Waals surface area contributed by atoms with Gasteiger partial charge in [-0.2, -0.15) is 0 Å². The molecule has 1 unspecified atom stereocenters. The molecule has 3 nitrogen and oxygen atoms in total. The molecule has 5 aromatic rings. The molecule has 3 aliphatic rings. The molecule has 3 saturated heterocycles. The molecule has 8 rings (SSSR count). The lowest BCUT2D eigenvalue weighted by atomic mass is 9.70. The van der Waals surface area contributed by atoms with Gasteiger partial charge < -0.3 is 9.59 Å². The Balaban J connectivity index is 1.39. The minimum absolute atomic E-state index is 0.185. The van der Waals surface area contributed by atoms with Crippen LogP contribution in [0.25, 0.3) is 32.4 Å². The van der Waals surface area contributed by atoms with Gasteiger partial charge in [0.05, 0.1) is 18.6 Å². The number of aromatic nitrogens is 1. The number of para-hydroxylation sites is 1. The predicted octanol–water partition coefficient (Wildman–Crippen LogP) is 7.41. The van der Waals surface area contributed by atoms with Crippen LogP contribution in [0.3, 0.4) is 0 Å². The van der Waals surface area contributed by atoms with Gasteiger partial charge >= 0.3 is 0 Å². The first-order valence-corrected chi connectivity index (χ1v) is 13.9. The van der Waals surface area contributed by atoms with Gasteiger partial charge in [-0.3, -0.25) is 4.98 Å². The summed E-state index contributed by atoms with van der Waals surface area (Å²) in [7, 11) is 0. The molecule has 5 atom stereocenters. The monoisotopic (exact) mass is 487 g/mol. The normalized spacial score (nSPS) is 26.2. The van der Waals surface area contributed by atoms with Gasteiger partial charge in [-0.25, -0.2) is 0 Å². The minimum atomic E-state index is -0.505. The Morgan fingerprint density at radius 3 is 2.30 bits per heavy atom. The third kappa shape index (κ3) is 3.67. The number of aliphatic hydroxyl groups excluding tert-OH is 1. The summed E-state index contributed by atoms with van der Waals surface area (Å²) >= 11 is 0. The average Bonchev–Trinajstić information content (AvgIpc) is 2.96. The Hall–Kier alpha value is -3.27. The van der Waals surface area contributed by atoms with Crippen LogP contribution in [-0.2, 0) is 6.54 Å². The molecule has 0 amide bonds. The van der Waals surface area contributed by atoms with Crippen LogP contribution in [0.5, 0.6) is 0 Å². The first kappa shape index (κ1) is 22.9. The van der Waals surface area contributed by atoms with Crippen LogP contribution >= 0.6 is 0 Å². The van der Waals surface area contributed by atoms with Crippen molar-refractivity contribution in [1.29, 1.82) is 0 Å². The molecule has 37 heavy (non-hydrogen) atoms. The molecular weight excluding hydrogens is 452 g/mol. The van der Waals surface area contributed by atoms with E-state index in [4.69, 9.17) is 0 Å². The van der Waals surface area contributed by atoms with Gasteiger partial charge in [0, 0.05) is 35.9 Å². The highest BCUT2D eigenvalue weighted by Crippen LogP contribution is 2.49. The SMILES string of the molecule is CC[C@H]1C[N+]2(Cc3c4ccccc4cc4ccccc34)CC[C@H]1C[C@H]2[C@H](O)c1ccnc2ccccc12. The number of nitrogens with zero attached hydrogens (tertiary/aromatic N) is 2. The zero-order valence-electron chi connectivity index (χ0n) is 21.6. The van der Waals surface area contributed by atoms with E-state index in [1.165, 1.54) is 39.9 Å². The number of rotatable bonds is 5. The van der Waals surface area contributed by atoms with Gasteiger partial charge in [0.1, 0.15) is 18.7 Å². The summed E-state index contributed by atoms with van der Waals surface area (Å²) in [4.78, 5) is 4.58. The Bertz CT molecular complexity index is 1550. The highest BCUT2D eigenvalue weighted by Gasteiger charge is 2.54. The topological polar surface area (TPSA) is 33.1 Å². The molecule has 3 fully saturated rings. The largest absolute Gasteiger partial charge is 0.382 e. The van der Waals surface area contributed by atoms with Crippen LogP contribution in [0.1, 0.15) is 43.4 Å². The van der Waals surface area contributed by atoms with Crippen molar-refractivity contribution in [3.8, 4) is 0 Å². The summed E-state index contributed by atoms with van der Waals surface area (Å²) in [5, 5.41) is 18.6. The second-order valence-electron chi connectivity index (χ2n) is 11.5. The molecule has 4 aromatic carbocycles. The summed E-state index contributed by atoms with van der Waals surface area (Å²) in [6.07, 6.45) is 4.95. The molecule has 2 bridgehead atoms. The minimum Gasteiger partial charge on any atom is -0.382 e. The van der Waals surface area contributed by atoms with Crippen molar-refractivity contribution in [2.24, 2.45) is 11.8 Å². The number of fused-ring (bicyclic) bond motifs is 6. The van der Waals surface area contributed by atoms with Crippen molar-refractivity contribution < 1.29 is 9.59 Å². The van der Waals surface area contributed by atoms with Crippen molar-refractivity contribution in [1.82, 2.24) is 4.98 Å². The van der Waals surface area contributed by atoms with Crippen LogP contribution in [0.15, 0.2) is 91.1 Å². The molecule has 3 aliphatic heterocycles. The quantitative estimate of drug-likeness (QED) is 0.207. The van der Waals surface area contributed by atoms with E-state index >= 15 is 0 Å². The lowest BCUT2D eigenvalue weighted by Gasteiger charge is -2.58. The van der Waals surface area contributed by atoms with Crippen molar-refractivity contribution in [2.45, 2.75) is 44.9 Å². The van der Waals surface area contributed by atoms with Crippen LogP contribution in [0.2, 0.25) is 0 Å². The molecule has 186 valence electrons. The second kappa shape index (κ2) is 8.93. The molecule has 0 saturated carbocycles. The van der Waals surface area contributed by atoms with Crippen LogP contribution < -0.4 is 0 Å². The fraction of sp³-hybridized carbons (Fsp3) is 0.324. The van der Waals surface area contributed by atoms with Crippen LogP contribution in [0, 0.1) is 11.8 Å². The fourth-order valence-electron chi connectivity index (χ4n) is 7.84. The van der Waals surface area contributed by atoms with Gasteiger partial charge in [-0.05, 0) is 57.6 Å². The number of aliphatic hydroxyl groups is 1. The lowest BCUT2D eigenvalue weighted by molar-refractivity contribution is -0.985. The lowest BCUT2D eigenvalue weighted by Crippen LogP contribution is -2.67. The Morgan fingerprint density at radius 1 is 0.892 bits per heavy atom. The summed E-state index contributed by atoms with van der Waals surface area (Å²) in [5.74, 6) is 1.44. The van der Waals surface area contributed by atoms with Crippen molar-refractivity contribution in [2.75, 3.05) is 13.1 Å². The van der Waals surface area contributed by atoms with E-state index in [0.717, 1.165) is 52.9 Å². The Labute approximate surface area is 219 Å². The van der Waals surface area contributed by atoms with Gasteiger partial charge in [-0.15, -0.1) is 0 Å². The number of hydrogen-bond acceptors (Lipinski definition) is 2. The smallest absolute Gasteiger partial charge is 0.131 e.